The summed E-state index contributed by atoms with van der Waals surface area (Å²) >= 11 is 0. The maximum atomic E-state index is 3.65. The molecule has 0 aromatic carbocycles. The Balaban J connectivity index is 1.58. The Hall–Kier alpha value is -0.0800. The van der Waals surface area contributed by atoms with Crippen LogP contribution < -0.4 is 5.32 Å². The maximum Gasteiger partial charge on any atom is 0.0249 e. The highest BCUT2D eigenvalue weighted by Crippen LogP contribution is 2.37. The van der Waals surface area contributed by atoms with E-state index in [2.05, 4.69) is 17.1 Å². The van der Waals surface area contributed by atoms with E-state index in [4.69, 9.17) is 0 Å². The monoisotopic (exact) mass is 208 g/mol. The first-order valence-electron chi connectivity index (χ1n) is 6.80. The van der Waals surface area contributed by atoms with Gasteiger partial charge < -0.3 is 5.32 Å². The fraction of sp³-hybridized carbons (Fsp3) is 1.00. The van der Waals surface area contributed by atoms with Gasteiger partial charge in [-0.1, -0.05) is 6.42 Å². The Morgan fingerprint density at radius 3 is 2.60 bits per heavy atom. The Labute approximate surface area is 93.4 Å². The number of nitrogens with one attached hydrogen (secondary N) is 1. The molecule has 1 N–H and O–H groups in total. The minimum atomic E-state index is 0.708. The fourth-order valence-electron chi connectivity index (χ4n) is 3.17. The van der Waals surface area contributed by atoms with E-state index in [0.29, 0.717) is 6.04 Å². The van der Waals surface area contributed by atoms with Crippen LogP contribution >= 0.6 is 0 Å². The van der Waals surface area contributed by atoms with E-state index in [1.54, 1.807) is 0 Å². The predicted octanol–water partition coefficient (Wildman–Crippen LogP) is 1.86. The largest absolute Gasteiger partial charge is 0.311 e. The first-order chi connectivity index (χ1) is 7.33. The van der Waals surface area contributed by atoms with Crippen LogP contribution in [0.25, 0.3) is 0 Å². The minimum absolute atomic E-state index is 0.708. The van der Waals surface area contributed by atoms with E-state index >= 15 is 0 Å². The van der Waals surface area contributed by atoms with Gasteiger partial charge in [-0.3, -0.25) is 4.90 Å². The third-order valence-electron chi connectivity index (χ3n) is 4.54. The van der Waals surface area contributed by atoms with Crippen molar-refractivity contribution in [1.82, 2.24) is 10.2 Å². The van der Waals surface area contributed by atoms with E-state index in [0.717, 1.165) is 17.9 Å². The summed E-state index contributed by atoms with van der Waals surface area (Å²) in [7, 11) is 0. The van der Waals surface area contributed by atoms with Crippen LogP contribution in [0.4, 0.5) is 0 Å². The van der Waals surface area contributed by atoms with Gasteiger partial charge in [0.05, 0.1) is 0 Å². The van der Waals surface area contributed by atoms with Crippen LogP contribution in [0.3, 0.4) is 0 Å². The second-order valence-electron chi connectivity index (χ2n) is 5.96. The summed E-state index contributed by atoms with van der Waals surface area (Å²) in [5, 5.41) is 3.65. The summed E-state index contributed by atoms with van der Waals surface area (Å²) in [6.45, 7) is 6.26. The Morgan fingerprint density at radius 1 is 1.20 bits per heavy atom. The molecule has 1 saturated heterocycles. The van der Waals surface area contributed by atoms with Gasteiger partial charge in [-0.25, -0.2) is 0 Å². The molecule has 3 fully saturated rings. The van der Waals surface area contributed by atoms with Crippen LogP contribution in [0, 0.1) is 11.8 Å². The van der Waals surface area contributed by atoms with Crippen LogP contribution in [-0.2, 0) is 0 Å². The van der Waals surface area contributed by atoms with Gasteiger partial charge in [0.25, 0.3) is 0 Å². The molecule has 2 saturated carbocycles. The van der Waals surface area contributed by atoms with Gasteiger partial charge in [0, 0.05) is 31.7 Å². The van der Waals surface area contributed by atoms with Crippen molar-refractivity contribution in [2.75, 3.05) is 19.6 Å². The highest BCUT2D eigenvalue weighted by molar-refractivity contribution is 4.95. The van der Waals surface area contributed by atoms with Gasteiger partial charge in [0.2, 0.25) is 0 Å². The number of hydrogen-bond donors (Lipinski definition) is 1. The quantitative estimate of drug-likeness (QED) is 0.761. The molecule has 0 aromatic heterocycles. The maximum absolute atomic E-state index is 3.65. The fourth-order valence-corrected chi connectivity index (χ4v) is 3.17. The lowest BCUT2D eigenvalue weighted by Gasteiger charge is -2.43. The number of rotatable bonds is 3. The zero-order chi connectivity index (χ0) is 10.3. The van der Waals surface area contributed by atoms with Crippen molar-refractivity contribution >= 4 is 0 Å². The highest BCUT2D eigenvalue weighted by Gasteiger charge is 2.38. The smallest absolute Gasteiger partial charge is 0.0249 e. The van der Waals surface area contributed by atoms with Crippen molar-refractivity contribution in [3.8, 4) is 0 Å². The predicted molar refractivity (Wildman–Crippen MR) is 62.9 cm³/mol. The zero-order valence-corrected chi connectivity index (χ0v) is 9.91. The molecule has 1 aliphatic heterocycles. The van der Waals surface area contributed by atoms with Gasteiger partial charge in [-0.15, -0.1) is 0 Å². The van der Waals surface area contributed by atoms with Gasteiger partial charge in [-0.05, 0) is 44.4 Å². The summed E-state index contributed by atoms with van der Waals surface area (Å²) in [5.74, 6) is 2.07. The molecule has 2 aliphatic carbocycles. The molecule has 2 unspecified atom stereocenters. The van der Waals surface area contributed by atoms with Crippen molar-refractivity contribution < 1.29 is 0 Å². The standard InChI is InChI=1S/C13H24N2/c1-10-8-15(9-11-3-2-4-11)13(7-14-10)12-5-6-12/h10-14H,2-9H2,1H3. The highest BCUT2D eigenvalue weighted by atomic mass is 15.2. The van der Waals surface area contributed by atoms with Crippen LogP contribution in [0.15, 0.2) is 0 Å². The number of hydrogen-bond acceptors (Lipinski definition) is 2. The van der Waals surface area contributed by atoms with Crippen LogP contribution in [-0.4, -0.2) is 36.6 Å². The average molecular weight is 208 g/mol. The molecule has 86 valence electrons. The Morgan fingerprint density at radius 2 is 2.00 bits per heavy atom. The molecule has 1 heterocycles. The molecular formula is C13H24N2. The van der Waals surface area contributed by atoms with E-state index in [1.165, 1.54) is 51.7 Å². The van der Waals surface area contributed by atoms with Crippen molar-refractivity contribution in [2.45, 2.75) is 51.1 Å². The second-order valence-corrected chi connectivity index (χ2v) is 5.96. The molecule has 0 aromatic rings. The molecule has 2 atom stereocenters. The second kappa shape index (κ2) is 4.06. The third-order valence-corrected chi connectivity index (χ3v) is 4.54. The van der Waals surface area contributed by atoms with E-state index in [1.807, 2.05) is 0 Å². The summed E-state index contributed by atoms with van der Waals surface area (Å²) in [6.07, 6.45) is 7.45. The van der Waals surface area contributed by atoms with Gasteiger partial charge in [0.1, 0.15) is 0 Å². The van der Waals surface area contributed by atoms with Crippen molar-refractivity contribution in [3.05, 3.63) is 0 Å². The van der Waals surface area contributed by atoms with Crippen LogP contribution in [0.5, 0.6) is 0 Å². The van der Waals surface area contributed by atoms with E-state index in [-0.39, 0.29) is 0 Å². The third kappa shape index (κ3) is 2.21. The summed E-state index contributed by atoms with van der Waals surface area (Å²) in [6, 6.07) is 1.59. The first-order valence-corrected chi connectivity index (χ1v) is 6.80. The van der Waals surface area contributed by atoms with Crippen molar-refractivity contribution in [2.24, 2.45) is 11.8 Å². The van der Waals surface area contributed by atoms with Gasteiger partial charge >= 0.3 is 0 Å². The molecule has 0 bridgehead atoms. The van der Waals surface area contributed by atoms with Crippen LogP contribution in [0.2, 0.25) is 0 Å². The van der Waals surface area contributed by atoms with E-state index in [9.17, 15) is 0 Å². The zero-order valence-electron chi connectivity index (χ0n) is 9.91. The lowest BCUT2D eigenvalue weighted by Crippen LogP contribution is -2.57. The molecule has 3 aliphatic rings. The molecule has 0 radical (unpaired) electrons. The average Bonchev–Trinajstić information content (AvgIpc) is 2.95. The van der Waals surface area contributed by atoms with Crippen molar-refractivity contribution in [1.29, 1.82) is 0 Å². The SMILES string of the molecule is CC1CN(CC2CCC2)C(C2CC2)CN1. The van der Waals surface area contributed by atoms with Gasteiger partial charge in [0.15, 0.2) is 0 Å². The van der Waals surface area contributed by atoms with E-state index < -0.39 is 0 Å². The number of nitrogens with zero attached hydrogens (tertiary/aromatic N) is 1. The molecule has 2 heteroatoms. The Bertz CT molecular complexity index is 221. The summed E-state index contributed by atoms with van der Waals surface area (Å²) in [4.78, 5) is 2.81. The Kier molecular flexibility index (Phi) is 2.73. The molecule has 15 heavy (non-hydrogen) atoms. The molecule has 0 amide bonds. The first kappa shape index (κ1) is 10.1. The van der Waals surface area contributed by atoms with Gasteiger partial charge in [-0.2, -0.15) is 0 Å². The number of piperazine rings is 1. The lowest BCUT2D eigenvalue weighted by atomic mass is 9.84. The molecule has 2 nitrogen and oxygen atoms in total. The molecule has 0 spiro atoms. The lowest BCUT2D eigenvalue weighted by molar-refractivity contribution is 0.0811. The van der Waals surface area contributed by atoms with Crippen LogP contribution in [0.1, 0.15) is 39.0 Å². The summed E-state index contributed by atoms with van der Waals surface area (Å²) < 4.78 is 0. The molecular weight excluding hydrogens is 184 g/mol. The molecule has 3 rings (SSSR count). The minimum Gasteiger partial charge on any atom is -0.311 e. The van der Waals surface area contributed by atoms with Crippen molar-refractivity contribution in [3.63, 3.8) is 0 Å². The normalized spacial score (nSPS) is 39.0. The topological polar surface area (TPSA) is 15.3 Å². The summed E-state index contributed by atoms with van der Waals surface area (Å²) in [5.41, 5.74) is 0.